The molecule has 2 aromatic heterocycles. The summed E-state index contributed by atoms with van der Waals surface area (Å²) in [7, 11) is 0. The standard InChI is InChI=1S/C10H10ClN5O/c11-10-14-8(12)7-9(15-10)16(4-13-7)2-5-1-6(5)3-17/h2,4,6,17H,1,3H2,(H2,12,14,15)/b5-2-. The van der Waals surface area contributed by atoms with Crippen molar-refractivity contribution in [3.63, 3.8) is 0 Å². The van der Waals surface area contributed by atoms with Crippen LogP contribution in [0.3, 0.4) is 0 Å². The second-order valence-corrected chi connectivity index (χ2v) is 4.33. The molecule has 0 aliphatic heterocycles. The summed E-state index contributed by atoms with van der Waals surface area (Å²) in [6.07, 6.45) is 4.43. The van der Waals surface area contributed by atoms with Crippen LogP contribution in [-0.2, 0) is 0 Å². The van der Waals surface area contributed by atoms with Crippen LogP contribution in [-0.4, -0.2) is 31.2 Å². The average molecular weight is 252 g/mol. The van der Waals surface area contributed by atoms with E-state index in [2.05, 4.69) is 15.0 Å². The molecule has 1 aliphatic rings. The number of imidazole rings is 1. The molecule has 0 saturated heterocycles. The van der Waals surface area contributed by atoms with E-state index in [0.29, 0.717) is 11.2 Å². The molecule has 0 spiro atoms. The Hall–Kier alpha value is -1.66. The molecule has 0 amide bonds. The first-order chi connectivity index (χ1) is 8.19. The third kappa shape index (κ3) is 1.75. The van der Waals surface area contributed by atoms with Gasteiger partial charge in [-0.25, -0.2) is 4.98 Å². The summed E-state index contributed by atoms with van der Waals surface area (Å²) in [5.74, 6) is 0.536. The van der Waals surface area contributed by atoms with Crippen LogP contribution in [0.2, 0.25) is 5.28 Å². The Balaban J connectivity index is 2.09. The number of aliphatic hydroxyl groups excluding tert-OH is 1. The Morgan fingerprint density at radius 1 is 1.59 bits per heavy atom. The first-order valence-corrected chi connectivity index (χ1v) is 5.54. The van der Waals surface area contributed by atoms with E-state index in [9.17, 15) is 0 Å². The molecule has 17 heavy (non-hydrogen) atoms. The van der Waals surface area contributed by atoms with E-state index < -0.39 is 0 Å². The van der Waals surface area contributed by atoms with Gasteiger partial charge in [0.25, 0.3) is 0 Å². The van der Waals surface area contributed by atoms with Crippen LogP contribution in [0, 0.1) is 5.92 Å². The van der Waals surface area contributed by atoms with Crippen molar-refractivity contribution >= 4 is 34.8 Å². The number of hydrogen-bond acceptors (Lipinski definition) is 5. The Morgan fingerprint density at radius 3 is 3.12 bits per heavy atom. The summed E-state index contributed by atoms with van der Waals surface area (Å²) in [6.45, 7) is 0.177. The maximum absolute atomic E-state index is 8.97. The van der Waals surface area contributed by atoms with Crippen molar-refractivity contribution in [2.45, 2.75) is 6.42 Å². The summed E-state index contributed by atoms with van der Waals surface area (Å²) in [6, 6.07) is 0. The number of nitrogens with zero attached hydrogens (tertiary/aromatic N) is 4. The molecule has 0 radical (unpaired) electrons. The van der Waals surface area contributed by atoms with Gasteiger partial charge < -0.3 is 10.8 Å². The number of nitrogen functional groups attached to an aromatic ring is 1. The highest BCUT2D eigenvalue weighted by atomic mass is 35.5. The predicted molar refractivity (Wildman–Crippen MR) is 64.2 cm³/mol. The molecule has 6 nitrogen and oxygen atoms in total. The molecule has 1 aliphatic carbocycles. The number of nitrogens with two attached hydrogens (primary N) is 1. The van der Waals surface area contributed by atoms with Crippen LogP contribution in [0.25, 0.3) is 17.4 Å². The van der Waals surface area contributed by atoms with E-state index in [-0.39, 0.29) is 23.6 Å². The van der Waals surface area contributed by atoms with Crippen molar-refractivity contribution in [3.05, 3.63) is 17.2 Å². The van der Waals surface area contributed by atoms with Crippen LogP contribution in [0.4, 0.5) is 5.82 Å². The zero-order valence-corrected chi connectivity index (χ0v) is 9.59. The molecule has 0 bridgehead atoms. The van der Waals surface area contributed by atoms with Crippen LogP contribution in [0.5, 0.6) is 0 Å². The molecular weight excluding hydrogens is 242 g/mol. The normalized spacial score (nSPS) is 21.3. The van der Waals surface area contributed by atoms with E-state index in [0.717, 1.165) is 6.42 Å². The predicted octanol–water partition coefficient (Wildman–Crippen LogP) is 0.915. The second-order valence-electron chi connectivity index (χ2n) is 3.99. The van der Waals surface area contributed by atoms with Crippen LogP contribution < -0.4 is 5.73 Å². The number of hydrogen-bond donors (Lipinski definition) is 2. The van der Waals surface area contributed by atoms with Crippen molar-refractivity contribution in [1.82, 2.24) is 19.5 Å². The number of aromatic nitrogens is 4. The van der Waals surface area contributed by atoms with Gasteiger partial charge in [0.15, 0.2) is 17.0 Å². The van der Waals surface area contributed by atoms with Gasteiger partial charge in [0.1, 0.15) is 6.33 Å². The molecule has 0 aromatic carbocycles. The van der Waals surface area contributed by atoms with E-state index in [1.54, 1.807) is 10.9 Å². The van der Waals surface area contributed by atoms with Crippen molar-refractivity contribution in [2.75, 3.05) is 12.3 Å². The third-order valence-electron chi connectivity index (χ3n) is 2.79. The van der Waals surface area contributed by atoms with Gasteiger partial charge in [0.05, 0.1) is 0 Å². The van der Waals surface area contributed by atoms with Gasteiger partial charge in [-0.15, -0.1) is 0 Å². The molecule has 88 valence electrons. The van der Waals surface area contributed by atoms with Crippen molar-refractivity contribution in [2.24, 2.45) is 5.92 Å². The molecule has 1 fully saturated rings. The quantitative estimate of drug-likeness (QED) is 0.775. The van der Waals surface area contributed by atoms with Crippen molar-refractivity contribution < 1.29 is 5.11 Å². The monoisotopic (exact) mass is 251 g/mol. The topological polar surface area (TPSA) is 89.9 Å². The van der Waals surface area contributed by atoms with Crippen LogP contribution in [0.1, 0.15) is 6.42 Å². The van der Waals surface area contributed by atoms with Crippen LogP contribution in [0.15, 0.2) is 11.9 Å². The van der Waals surface area contributed by atoms with Crippen molar-refractivity contribution in [3.8, 4) is 0 Å². The number of aliphatic hydroxyl groups is 1. The van der Waals surface area contributed by atoms with E-state index in [1.165, 1.54) is 5.57 Å². The molecular formula is C10H10ClN5O. The Morgan fingerprint density at radius 2 is 2.41 bits per heavy atom. The van der Waals surface area contributed by atoms with Gasteiger partial charge in [0.2, 0.25) is 5.28 Å². The van der Waals surface area contributed by atoms with Gasteiger partial charge in [-0.2, -0.15) is 9.97 Å². The lowest BCUT2D eigenvalue weighted by molar-refractivity contribution is 0.281. The smallest absolute Gasteiger partial charge is 0.226 e. The second kappa shape index (κ2) is 3.68. The highest BCUT2D eigenvalue weighted by Crippen LogP contribution is 2.37. The van der Waals surface area contributed by atoms with Gasteiger partial charge in [-0.3, -0.25) is 4.57 Å². The lowest BCUT2D eigenvalue weighted by Crippen LogP contribution is -1.96. The molecule has 1 unspecified atom stereocenters. The molecule has 3 rings (SSSR count). The van der Waals surface area contributed by atoms with E-state index in [1.807, 2.05) is 6.20 Å². The fourth-order valence-corrected chi connectivity index (χ4v) is 1.92. The fourth-order valence-electron chi connectivity index (χ4n) is 1.75. The van der Waals surface area contributed by atoms with Gasteiger partial charge in [-0.1, -0.05) is 0 Å². The molecule has 1 atom stereocenters. The highest BCUT2D eigenvalue weighted by Gasteiger charge is 2.28. The molecule has 1 saturated carbocycles. The Bertz CT molecular complexity index is 620. The molecule has 7 heteroatoms. The third-order valence-corrected chi connectivity index (χ3v) is 2.96. The summed E-state index contributed by atoms with van der Waals surface area (Å²) in [4.78, 5) is 12.1. The van der Waals surface area contributed by atoms with E-state index >= 15 is 0 Å². The Kier molecular flexibility index (Phi) is 2.27. The Labute approximate surface area is 102 Å². The summed E-state index contributed by atoms with van der Waals surface area (Å²) in [5.41, 5.74) is 7.98. The first kappa shape index (κ1) is 10.5. The number of fused-ring (bicyclic) bond motifs is 1. The highest BCUT2D eigenvalue weighted by molar-refractivity contribution is 6.28. The van der Waals surface area contributed by atoms with Crippen LogP contribution >= 0.6 is 11.6 Å². The van der Waals surface area contributed by atoms with Gasteiger partial charge in [-0.05, 0) is 23.6 Å². The maximum atomic E-state index is 8.97. The lowest BCUT2D eigenvalue weighted by atomic mass is 10.4. The fraction of sp³-hybridized carbons (Fsp3) is 0.300. The summed E-state index contributed by atoms with van der Waals surface area (Å²) in [5, 5.41) is 9.08. The summed E-state index contributed by atoms with van der Waals surface area (Å²) >= 11 is 5.76. The average Bonchev–Trinajstić information content (AvgIpc) is 2.92. The molecule has 2 heterocycles. The molecule has 3 N–H and O–H groups in total. The first-order valence-electron chi connectivity index (χ1n) is 5.16. The number of halogens is 1. The minimum Gasteiger partial charge on any atom is -0.396 e. The largest absolute Gasteiger partial charge is 0.396 e. The van der Waals surface area contributed by atoms with Gasteiger partial charge in [0, 0.05) is 18.7 Å². The maximum Gasteiger partial charge on any atom is 0.226 e. The minimum atomic E-state index is 0.102. The summed E-state index contributed by atoms with van der Waals surface area (Å²) < 4.78 is 1.75. The van der Waals surface area contributed by atoms with E-state index in [4.69, 9.17) is 22.4 Å². The zero-order valence-electron chi connectivity index (χ0n) is 8.84. The SMILES string of the molecule is Nc1nc(Cl)nc2c1ncn2/C=C1/CC1CO. The number of anilines is 1. The molecule has 2 aromatic rings. The zero-order chi connectivity index (χ0) is 12.0. The number of rotatable bonds is 2. The van der Waals surface area contributed by atoms with Crippen molar-refractivity contribution in [1.29, 1.82) is 0 Å². The minimum absolute atomic E-state index is 0.102. The van der Waals surface area contributed by atoms with Gasteiger partial charge >= 0.3 is 0 Å². The lowest BCUT2D eigenvalue weighted by Gasteiger charge is -1.97.